The summed E-state index contributed by atoms with van der Waals surface area (Å²) in [5, 5.41) is 5.11. The second kappa shape index (κ2) is 12.4. The van der Waals surface area contributed by atoms with E-state index in [2.05, 4.69) is 20.5 Å². The van der Waals surface area contributed by atoms with Gasteiger partial charge in [0.05, 0.1) is 6.20 Å². The number of nitrogens with zero attached hydrogens (tertiary/aromatic N) is 3. The minimum absolute atomic E-state index is 0.0791. The number of alkyl halides is 3. The van der Waals surface area contributed by atoms with Gasteiger partial charge < -0.3 is 20.3 Å². The third-order valence-electron chi connectivity index (χ3n) is 5.27. The number of sulfonamides is 1. The maximum absolute atomic E-state index is 13.2. The zero-order valence-electron chi connectivity index (χ0n) is 21.7. The van der Waals surface area contributed by atoms with Gasteiger partial charge in [-0.05, 0) is 57.9 Å². The molecule has 1 fully saturated rings. The molecule has 11 nitrogen and oxygen atoms in total. The summed E-state index contributed by atoms with van der Waals surface area (Å²) in [5.74, 6) is 0. The molecule has 3 amide bonds. The van der Waals surface area contributed by atoms with E-state index in [1.165, 1.54) is 4.72 Å². The van der Waals surface area contributed by atoms with Gasteiger partial charge in [-0.15, -0.1) is 0 Å². The molecule has 3 rings (SSSR count). The van der Waals surface area contributed by atoms with Crippen molar-refractivity contribution in [3.05, 3.63) is 30.5 Å². The van der Waals surface area contributed by atoms with E-state index in [-0.39, 0.29) is 18.2 Å². The van der Waals surface area contributed by atoms with Crippen LogP contribution in [0.3, 0.4) is 0 Å². The van der Waals surface area contributed by atoms with Crippen LogP contribution < -0.4 is 25.2 Å². The number of benzene rings is 1. The fraction of sp³-hybridized carbons (Fsp3) is 0.522. The Hall–Kier alpha value is -3.11. The Morgan fingerprint density at radius 3 is 2.36 bits per heavy atom. The number of nitrogens with one attached hydrogen (secondary N) is 3. The van der Waals surface area contributed by atoms with Crippen molar-refractivity contribution in [3.8, 4) is 0 Å². The minimum Gasteiger partial charge on any atom is -0.444 e. The number of halogens is 3. The van der Waals surface area contributed by atoms with Crippen molar-refractivity contribution in [1.82, 2.24) is 15.0 Å². The van der Waals surface area contributed by atoms with E-state index in [9.17, 15) is 31.2 Å². The maximum atomic E-state index is 13.2. The second-order valence-electron chi connectivity index (χ2n) is 9.65. The summed E-state index contributed by atoms with van der Waals surface area (Å²) in [6.07, 6.45) is -2.38. The number of alkyl carbamates (subject to hydrolysis) is 1. The molecular formula is C23H31F3N6O5S2. The number of hydrogen-bond donors (Lipinski definition) is 3. The van der Waals surface area contributed by atoms with Crippen LogP contribution in [-0.4, -0.2) is 70.0 Å². The van der Waals surface area contributed by atoms with Gasteiger partial charge in [0.25, 0.3) is 10.0 Å². The molecule has 1 aromatic carbocycles. The number of carbonyl (C=O) groups is 2. The molecule has 2 aromatic rings. The van der Waals surface area contributed by atoms with Crippen LogP contribution in [-0.2, 0) is 14.8 Å². The molecule has 1 saturated heterocycles. The summed E-state index contributed by atoms with van der Waals surface area (Å²) in [6, 6.07) is 6.51. The largest absolute Gasteiger partial charge is 0.444 e. The predicted octanol–water partition coefficient (Wildman–Crippen LogP) is 4.15. The molecule has 3 N–H and O–H groups in total. The predicted molar refractivity (Wildman–Crippen MR) is 142 cm³/mol. The highest BCUT2D eigenvalue weighted by atomic mass is 32.2. The highest BCUT2D eigenvalue weighted by Gasteiger charge is 2.31. The number of ether oxygens (including phenoxy) is 1. The van der Waals surface area contributed by atoms with E-state index in [0.29, 0.717) is 17.0 Å². The number of carbonyl (C=O) groups excluding carboxylic acids is 2. The maximum Gasteiger partial charge on any atom is 0.407 e. The molecule has 0 saturated carbocycles. The lowest BCUT2D eigenvalue weighted by atomic mass is 10.2. The van der Waals surface area contributed by atoms with Gasteiger partial charge >= 0.3 is 18.3 Å². The average molecular weight is 593 g/mol. The van der Waals surface area contributed by atoms with Crippen LogP contribution in [0.1, 0.15) is 33.6 Å². The minimum atomic E-state index is -4.75. The van der Waals surface area contributed by atoms with E-state index in [1.54, 1.807) is 32.9 Å². The Kier molecular flexibility index (Phi) is 9.66. The number of thiazole rings is 1. The molecule has 16 heteroatoms. The van der Waals surface area contributed by atoms with Gasteiger partial charge in [-0.2, -0.15) is 13.2 Å². The molecule has 1 aliphatic rings. The summed E-state index contributed by atoms with van der Waals surface area (Å²) in [6.45, 7) is 5.00. The lowest BCUT2D eigenvalue weighted by Gasteiger charge is -2.23. The van der Waals surface area contributed by atoms with Gasteiger partial charge in [0.2, 0.25) is 0 Å². The van der Waals surface area contributed by atoms with Crippen molar-refractivity contribution in [1.29, 1.82) is 0 Å². The second-order valence-corrected chi connectivity index (χ2v) is 12.7. The van der Waals surface area contributed by atoms with Crippen molar-refractivity contribution in [3.63, 3.8) is 0 Å². The van der Waals surface area contributed by atoms with E-state index in [1.807, 2.05) is 12.1 Å². The van der Waals surface area contributed by atoms with Crippen LogP contribution in [0.2, 0.25) is 0 Å². The fourth-order valence-electron chi connectivity index (χ4n) is 3.54. The summed E-state index contributed by atoms with van der Waals surface area (Å²) < 4.78 is 68.3. The van der Waals surface area contributed by atoms with Gasteiger partial charge in [-0.3, -0.25) is 4.90 Å². The molecule has 0 aliphatic carbocycles. The molecule has 0 bridgehead atoms. The summed E-state index contributed by atoms with van der Waals surface area (Å²) in [4.78, 5) is 32.5. The highest BCUT2D eigenvalue weighted by Crippen LogP contribution is 2.28. The van der Waals surface area contributed by atoms with E-state index in [0.717, 1.165) is 42.7 Å². The van der Waals surface area contributed by atoms with Crippen molar-refractivity contribution in [2.45, 2.75) is 49.6 Å². The zero-order valence-corrected chi connectivity index (χ0v) is 23.3. The summed E-state index contributed by atoms with van der Waals surface area (Å²) in [5.41, 5.74) is 0.735. The highest BCUT2D eigenvalue weighted by molar-refractivity contribution is 7.91. The Bertz CT molecular complexity index is 1240. The standard InChI is InChI=1S/C23H31F3N6O5S2/c1-22(2,3)37-21(34)27-10-13-32(20-28-14-18(38-20)39(35,36)29-15-23(24,25)26)19(33)30-16-6-8-17(9-7-16)31-11-4-5-12-31/h6-9,14,29H,4-5,10-13,15H2,1-3H3,(H,27,34)(H,30,33). The number of anilines is 3. The Morgan fingerprint density at radius 2 is 1.77 bits per heavy atom. The third kappa shape index (κ3) is 9.54. The Balaban J connectivity index is 1.75. The number of hydrogen-bond acceptors (Lipinski definition) is 8. The molecule has 0 unspecified atom stereocenters. The molecule has 216 valence electrons. The van der Waals surface area contributed by atoms with E-state index >= 15 is 0 Å². The molecule has 0 atom stereocenters. The first-order chi connectivity index (χ1) is 18.1. The first kappa shape index (κ1) is 30.4. The lowest BCUT2D eigenvalue weighted by Crippen LogP contribution is -2.42. The van der Waals surface area contributed by atoms with Crippen molar-refractivity contribution < 1.29 is 35.9 Å². The van der Waals surface area contributed by atoms with Crippen LogP contribution in [0.5, 0.6) is 0 Å². The molecule has 1 aromatic heterocycles. The van der Waals surface area contributed by atoms with Crippen LogP contribution in [0.4, 0.5) is 39.3 Å². The number of rotatable bonds is 9. The lowest BCUT2D eigenvalue weighted by molar-refractivity contribution is -0.121. The summed E-state index contributed by atoms with van der Waals surface area (Å²) in [7, 11) is -4.52. The van der Waals surface area contributed by atoms with Crippen LogP contribution >= 0.6 is 11.3 Å². The summed E-state index contributed by atoms with van der Waals surface area (Å²) >= 11 is 0.511. The van der Waals surface area contributed by atoms with Crippen LogP contribution in [0.25, 0.3) is 0 Å². The molecule has 1 aliphatic heterocycles. The quantitative estimate of drug-likeness (QED) is 0.399. The van der Waals surface area contributed by atoms with Gasteiger partial charge in [-0.25, -0.2) is 27.7 Å². The molecule has 0 radical (unpaired) electrons. The number of aromatic nitrogens is 1. The Morgan fingerprint density at radius 1 is 1.13 bits per heavy atom. The number of amides is 3. The normalized spacial score (nSPS) is 14.3. The molecule has 0 spiro atoms. The SMILES string of the molecule is CC(C)(C)OC(=O)NCCN(C(=O)Nc1ccc(N2CCCC2)cc1)c1ncc(S(=O)(=O)NCC(F)(F)F)s1. The number of urea groups is 1. The molecular weight excluding hydrogens is 561 g/mol. The zero-order chi connectivity index (χ0) is 28.8. The first-order valence-corrected chi connectivity index (χ1v) is 14.4. The van der Waals surface area contributed by atoms with E-state index < -0.39 is 44.7 Å². The van der Waals surface area contributed by atoms with Crippen LogP contribution in [0, 0.1) is 0 Å². The Labute approximate surface area is 228 Å². The third-order valence-corrected chi connectivity index (χ3v) is 8.15. The van der Waals surface area contributed by atoms with Crippen molar-refractivity contribution in [2.24, 2.45) is 0 Å². The first-order valence-electron chi connectivity index (χ1n) is 12.1. The topological polar surface area (TPSA) is 133 Å². The van der Waals surface area contributed by atoms with Gasteiger partial charge in [0, 0.05) is 37.6 Å². The van der Waals surface area contributed by atoms with Gasteiger partial charge in [0.1, 0.15) is 12.1 Å². The van der Waals surface area contributed by atoms with Crippen molar-refractivity contribution in [2.75, 3.05) is 47.8 Å². The fourth-order valence-corrected chi connectivity index (χ4v) is 5.74. The van der Waals surface area contributed by atoms with Crippen LogP contribution in [0.15, 0.2) is 34.7 Å². The average Bonchev–Trinajstić information content (AvgIpc) is 3.52. The van der Waals surface area contributed by atoms with E-state index in [4.69, 9.17) is 4.74 Å². The van der Waals surface area contributed by atoms with Gasteiger partial charge in [-0.1, -0.05) is 11.3 Å². The van der Waals surface area contributed by atoms with Crippen molar-refractivity contribution >= 4 is 50.0 Å². The smallest absolute Gasteiger partial charge is 0.407 e. The van der Waals surface area contributed by atoms with Gasteiger partial charge in [0.15, 0.2) is 9.34 Å². The monoisotopic (exact) mass is 592 g/mol. The molecule has 39 heavy (non-hydrogen) atoms. The molecule has 2 heterocycles.